The number of aryl methyl sites for hydroxylation is 3. The molecule has 0 radical (unpaired) electrons. The highest BCUT2D eigenvalue weighted by molar-refractivity contribution is 7.98. The summed E-state index contributed by atoms with van der Waals surface area (Å²) in [5, 5.41) is 18.9. The number of nitrogens with two attached hydrogens (primary N) is 1. The summed E-state index contributed by atoms with van der Waals surface area (Å²) in [7, 11) is 1.90. The summed E-state index contributed by atoms with van der Waals surface area (Å²) in [4.78, 5) is 13.4. The first-order valence-corrected chi connectivity index (χ1v) is 19.5. The lowest BCUT2D eigenvalue weighted by Crippen LogP contribution is -2.29. The normalized spacial score (nSPS) is 12.4. The molecule has 0 bridgehead atoms. The SMILES string of the molecule is CCN(Cc1cc(CSc2cc(OCCCc3c(C(=O)O)n(C)c4c(/C=C(\C)N(C)N)c(Cl)ccc34)c3ccc(F)cc3c2)n(C)n1)S(C)(=O)=O. The van der Waals surface area contributed by atoms with Crippen molar-refractivity contribution in [1.82, 2.24) is 23.7 Å². The van der Waals surface area contributed by atoms with Crippen LogP contribution >= 0.6 is 23.4 Å². The summed E-state index contributed by atoms with van der Waals surface area (Å²) >= 11 is 8.13. The maximum atomic E-state index is 14.3. The molecule has 5 aromatic rings. The molecule has 15 heteroatoms. The molecule has 0 unspecified atom stereocenters. The molecule has 11 nitrogen and oxygen atoms in total. The average Bonchev–Trinajstić information content (AvgIpc) is 3.56. The lowest BCUT2D eigenvalue weighted by molar-refractivity contribution is 0.0685. The van der Waals surface area contributed by atoms with Crippen molar-refractivity contribution in [1.29, 1.82) is 0 Å². The lowest BCUT2D eigenvalue weighted by Gasteiger charge is -2.15. The second kappa shape index (κ2) is 15.7. The Morgan fingerprint density at radius 3 is 2.55 bits per heavy atom. The largest absolute Gasteiger partial charge is 0.493 e. The number of fused-ring (bicyclic) bond motifs is 2. The maximum absolute atomic E-state index is 14.3. The monoisotopic (exact) mass is 756 g/mol. The van der Waals surface area contributed by atoms with Gasteiger partial charge in [-0.25, -0.2) is 23.4 Å². The van der Waals surface area contributed by atoms with Gasteiger partial charge in [-0.2, -0.15) is 9.40 Å². The van der Waals surface area contributed by atoms with E-state index in [-0.39, 0.29) is 24.7 Å². The number of rotatable bonds is 15. The Balaban J connectivity index is 1.36. The minimum Gasteiger partial charge on any atom is -0.493 e. The zero-order valence-corrected chi connectivity index (χ0v) is 31.8. The van der Waals surface area contributed by atoms with Crippen LogP contribution in [0.5, 0.6) is 5.75 Å². The van der Waals surface area contributed by atoms with E-state index in [0.717, 1.165) is 27.1 Å². The molecule has 0 spiro atoms. The Morgan fingerprint density at radius 1 is 1.16 bits per heavy atom. The van der Waals surface area contributed by atoms with Crippen LogP contribution in [-0.4, -0.2) is 69.6 Å². The lowest BCUT2D eigenvalue weighted by atomic mass is 10.0. The fourth-order valence-electron chi connectivity index (χ4n) is 6.10. The van der Waals surface area contributed by atoms with Gasteiger partial charge in [0, 0.05) is 71.1 Å². The van der Waals surface area contributed by atoms with Crippen LogP contribution in [0.15, 0.2) is 59.1 Å². The van der Waals surface area contributed by atoms with Crippen molar-refractivity contribution in [2.45, 2.75) is 43.9 Å². The Bertz CT molecular complexity index is 2250. The smallest absolute Gasteiger partial charge is 0.352 e. The molecule has 2 heterocycles. The molecule has 272 valence electrons. The van der Waals surface area contributed by atoms with Gasteiger partial charge in [0.15, 0.2) is 0 Å². The summed E-state index contributed by atoms with van der Waals surface area (Å²) in [6.07, 6.45) is 3.97. The summed E-state index contributed by atoms with van der Waals surface area (Å²) < 4.78 is 49.6. The van der Waals surface area contributed by atoms with E-state index < -0.39 is 16.0 Å². The van der Waals surface area contributed by atoms with Crippen LogP contribution in [0.25, 0.3) is 27.8 Å². The molecule has 5 rings (SSSR count). The topological polar surface area (TPSA) is 136 Å². The van der Waals surface area contributed by atoms with Crippen molar-refractivity contribution >= 4 is 67.1 Å². The van der Waals surface area contributed by atoms with Crippen molar-refractivity contribution in [3.05, 3.63) is 93.3 Å². The van der Waals surface area contributed by atoms with E-state index >= 15 is 0 Å². The van der Waals surface area contributed by atoms with Crippen LogP contribution in [0.3, 0.4) is 0 Å². The van der Waals surface area contributed by atoms with Crippen molar-refractivity contribution in [3.63, 3.8) is 0 Å². The number of carbonyl (C=O) groups is 1. The second-order valence-corrected chi connectivity index (χ2v) is 15.9. The fraction of sp³-hybridized carbons (Fsp3) is 0.333. The summed E-state index contributed by atoms with van der Waals surface area (Å²) in [5.41, 5.74) is 4.54. The average molecular weight is 757 g/mol. The number of halogens is 2. The molecular formula is C36H42ClFN6O5S2. The predicted molar refractivity (Wildman–Crippen MR) is 202 cm³/mol. The Hall–Kier alpha value is -4.08. The van der Waals surface area contributed by atoms with Crippen LogP contribution < -0.4 is 10.6 Å². The highest BCUT2D eigenvalue weighted by Gasteiger charge is 2.23. The first-order chi connectivity index (χ1) is 24.1. The number of aromatic carboxylic acids is 1. The number of ether oxygens (including phenoxy) is 1. The van der Waals surface area contributed by atoms with Gasteiger partial charge < -0.3 is 19.4 Å². The van der Waals surface area contributed by atoms with Gasteiger partial charge in [-0.05, 0) is 79.3 Å². The molecule has 0 saturated carbocycles. The van der Waals surface area contributed by atoms with Crippen LogP contribution in [0.1, 0.15) is 53.3 Å². The zero-order valence-electron chi connectivity index (χ0n) is 29.4. The Labute approximate surface area is 306 Å². The van der Waals surface area contributed by atoms with Gasteiger partial charge in [-0.15, -0.1) is 11.8 Å². The molecule has 0 atom stereocenters. The van der Waals surface area contributed by atoms with Gasteiger partial charge in [-0.1, -0.05) is 24.6 Å². The van der Waals surface area contributed by atoms with Crippen molar-refractivity contribution < 1.29 is 27.4 Å². The number of allylic oxidation sites excluding steroid dienone is 1. The third-order valence-electron chi connectivity index (χ3n) is 8.81. The molecule has 2 aromatic heterocycles. The van der Waals surface area contributed by atoms with Gasteiger partial charge in [0.2, 0.25) is 10.0 Å². The van der Waals surface area contributed by atoms with Crippen molar-refractivity contribution in [2.24, 2.45) is 19.9 Å². The van der Waals surface area contributed by atoms with Crippen molar-refractivity contribution in [2.75, 3.05) is 26.5 Å². The molecule has 0 fully saturated rings. The van der Waals surface area contributed by atoms with E-state index in [1.165, 1.54) is 39.5 Å². The minimum atomic E-state index is -3.36. The number of benzene rings is 3. The summed E-state index contributed by atoms with van der Waals surface area (Å²) in [6.45, 7) is 4.45. The van der Waals surface area contributed by atoms with E-state index in [0.29, 0.717) is 63.6 Å². The van der Waals surface area contributed by atoms with E-state index in [9.17, 15) is 22.7 Å². The van der Waals surface area contributed by atoms with Gasteiger partial charge in [0.25, 0.3) is 0 Å². The first kappa shape index (κ1) is 38.2. The number of hydrazine groups is 1. The number of carboxylic acid groups (broad SMARTS) is 1. The molecule has 3 N–H and O–H groups in total. The van der Waals surface area contributed by atoms with E-state index in [2.05, 4.69) is 5.10 Å². The number of aromatic nitrogens is 3. The fourth-order valence-corrected chi connectivity index (χ4v) is 8.13. The zero-order chi connectivity index (χ0) is 37.2. The predicted octanol–water partition coefficient (Wildman–Crippen LogP) is 6.81. The number of hydrogen-bond acceptors (Lipinski definition) is 8. The van der Waals surface area contributed by atoms with Crippen LogP contribution in [0.4, 0.5) is 4.39 Å². The highest BCUT2D eigenvalue weighted by atomic mass is 35.5. The molecule has 51 heavy (non-hydrogen) atoms. The van der Waals surface area contributed by atoms with Gasteiger partial charge in [-0.3, -0.25) is 4.68 Å². The van der Waals surface area contributed by atoms with Crippen LogP contribution in [0.2, 0.25) is 5.02 Å². The molecule has 0 amide bonds. The quantitative estimate of drug-likeness (QED) is 0.0511. The van der Waals surface area contributed by atoms with Gasteiger partial charge in [0.05, 0.1) is 30.6 Å². The van der Waals surface area contributed by atoms with E-state index in [1.807, 2.05) is 44.3 Å². The van der Waals surface area contributed by atoms with Gasteiger partial charge >= 0.3 is 5.97 Å². The highest BCUT2D eigenvalue weighted by Crippen LogP contribution is 2.36. The second-order valence-electron chi connectivity index (χ2n) is 12.4. The van der Waals surface area contributed by atoms with E-state index in [4.69, 9.17) is 22.2 Å². The van der Waals surface area contributed by atoms with Crippen LogP contribution in [0, 0.1) is 5.82 Å². The minimum absolute atomic E-state index is 0.178. The number of hydrogen-bond donors (Lipinski definition) is 2. The number of sulfonamides is 1. The summed E-state index contributed by atoms with van der Waals surface area (Å²) in [5.74, 6) is 5.65. The Kier molecular flexibility index (Phi) is 11.7. The third-order valence-corrected chi connectivity index (χ3v) is 11.5. The number of nitrogens with zero attached hydrogens (tertiary/aromatic N) is 5. The number of carboxylic acids is 1. The molecular weight excluding hydrogens is 715 g/mol. The molecule has 0 saturated heterocycles. The molecule has 0 aliphatic carbocycles. The molecule has 0 aliphatic heterocycles. The Morgan fingerprint density at radius 2 is 1.88 bits per heavy atom. The number of thioether (sulfide) groups is 1. The first-order valence-electron chi connectivity index (χ1n) is 16.2. The third kappa shape index (κ3) is 8.53. The standard InChI is InChI=1S/C36H42ClFN6O5S2/c1-7-44(51(6,47)48)20-25-18-26(43(5)40-25)21-50-27-17-23-16-24(38)10-11-28(23)33(19-27)49-14-8-9-29-30-12-13-32(37)31(15-22(2)42(4)39)34(30)41(3)35(29)36(45)46/h10-13,15-19H,7-9,14,20-21,39H2,1-6H3,(H,45,46)/b22-15+. The van der Waals surface area contributed by atoms with Crippen LogP contribution in [-0.2, 0) is 42.8 Å². The van der Waals surface area contributed by atoms with E-state index in [1.54, 1.807) is 42.4 Å². The molecule has 3 aromatic carbocycles. The summed E-state index contributed by atoms with van der Waals surface area (Å²) in [6, 6.07) is 13.9. The van der Waals surface area contributed by atoms with Crippen molar-refractivity contribution in [3.8, 4) is 5.75 Å². The maximum Gasteiger partial charge on any atom is 0.352 e. The molecule has 0 aliphatic rings. The van der Waals surface area contributed by atoms with Gasteiger partial charge in [0.1, 0.15) is 17.3 Å².